The van der Waals surface area contributed by atoms with Gasteiger partial charge in [0, 0.05) is 23.2 Å². The van der Waals surface area contributed by atoms with Crippen molar-refractivity contribution < 1.29 is 32.4 Å². The van der Waals surface area contributed by atoms with Crippen LogP contribution in [0.25, 0.3) is 0 Å². The van der Waals surface area contributed by atoms with Gasteiger partial charge in [0.2, 0.25) is 0 Å². The van der Waals surface area contributed by atoms with E-state index < -0.39 is 11.8 Å². The van der Waals surface area contributed by atoms with Crippen molar-refractivity contribution in [2.75, 3.05) is 0 Å². The van der Waals surface area contributed by atoms with Crippen LogP contribution in [0.3, 0.4) is 0 Å². The summed E-state index contributed by atoms with van der Waals surface area (Å²) in [6.07, 6.45) is 1.51. The van der Waals surface area contributed by atoms with Crippen LogP contribution < -0.4 is 10.2 Å². The minimum atomic E-state index is -0.600. The number of phenols is 1. The quantitative estimate of drug-likeness (QED) is 0.330. The molecular formula is C27H29MnN3O3. The van der Waals surface area contributed by atoms with E-state index >= 15 is 0 Å². The van der Waals surface area contributed by atoms with Gasteiger partial charge in [0.1, 0.15) is 5.75 Å². The number of benzene rings is 2. The van der Waals surface area contributed by atoms with E-state index in [0.29, 0.717) is 5.56 Å². The first-order valence-electron chi connectivity index (χ1n) is 10.8. The Morgan fingerprint density at radius 2 is 1.35 bits per heavy atom. The molecular weight excluding hydrogens is 469 g/mol. The molecule has 0 spiro atoms. The molecule has 7 heteroatoms. The maximum Gasteiger partial charge on any atom is 2.00 e. The second kappa shape index (κ2) is 10.4. The Kier molecular flexibility index (Phi) is 8.30. The average molecular weight is 498 g/mol. The summed E-state index contributed by atoms with van der Waals surface area (Å²) >= 11 is 0. The molecule has 177 valence electrons. The smallest absolute Gasteiger partial charge is 0.858 e. The maximum absolute atomic E-state index is 13.2. The topological polar surface area (TPSA) is 104 Å². The molecule has 0 atom stereocenters. The van der Waals surface area contributed by atoms with E-state index in [0.717, 1.165) is 5.56 Å². The second-order valence-electron chi connectivity index (χ2n) is 9.96. The van der Waals surface area contributed by atoms with E-state index in [2.05, 4.69) is 35.7 Å². The van der Waals surface area contributed by atoms with Crippen LogP contribution in [0.1, 0.15) is 63.9 Å². The number of nitrogens with zero attached hydrogens (tertiary/aromatic N) is 3. The number of para-hydroxylation sites is 2. The number of hydrogen-bond acceptors (Lipinski definition) is 6. The van der Waals surface area contributed by atoms with Gasteiger partial charge in [0.25, 0.3) is 0 Å². The SMILES string of the molecule is CC(C)(C)c1cc(C([O-])=Nc2ccccc2N=C([O-])c2ccccn2)c(O)c(C(C)(C)C)c1.[Mn+2]. The van der Waals surface area contributed by atoms with Crippen molar-refractivity contribution in [1.29, 1.82) is 0 Å². The molecule has 0 saturated heterocycles. The van der Waals surface area contributed by atoms with Gasteiger partial charge in [-0.1, -0.05) is 65.8 Å². The fourth-order valence-electron chi connectivity index (χ4n) is 3.28. The van der Waals surface area contributed by atoms with E-state index in [1.54, 1.807) is 48.5 Å². The number of hydrogen-bond donors (Lipinski definition) is 1. The number of aromatic hydroxyl groups is 1. The standard InChI is InChI=1S/C27H31N3O3.Mn/c1-26(2,3)17-15-18(23(31)19(16-17)27(4,5)6)24(32)29-20-11-7-8-12-21(20)30-25(33)22-13-9-10-14-28-22;/h7-16,31H,1-6H3,(H,29,32)(H,30,33);/q;+2/p-2. The number of phenolic OH excluding ortho intramolecular Hbond substituents is 1. The van der Waals surface area contributed by atoms with E-state index in [-0.39, 0.29) is 56.3 Å². The molecule has 0 unspecified atom stereocenters. The van der Waals surface area contributed by atoms with E-state index in [1.807, 2.05) is 26.8 Å². The third kappa shape index (κ3) is 6.25. The average Bonchev–Trinajstić information content (AvgIpc) is 2.74. The fraction of sp³-hybridized carbons (Fsp3) is 0.296. The molecule has 0 aliphatic heterocycles. The number of aliphatic imine (C=N–C) groups is 2. The van der Waals surface area contributed by atoms with Gasteiger partial charge in [-0.2, -0.15) is 0 Å². The summed E-state index contributed by atoms with van der Waals surface area (Å²) in [5, 5.41) is 36.7. The third-order valence-corrected chi connectivity index (χ3v) is 5.22. The van der Waals surface area contributed by atoms with Gasteiger partial charge in [0.15, 0.2) is 0 Å². The van der Waals surface area contributed by atoms with E-state index in [1.165, 1.54) is 6.20 Å². The molecule has 1 N–H and O–H groups in total. The minimum Gasteiger partial charge on any atom is -0.858 e. The van der Waals surface area contributed by atoms with Gasteiger partial charge in [0.05, 0.1) is 17.1 Å². The predicted molar refractivity (Wildman–Crippen MR) is 129 cm³/mol. The Morgan fingerprint density at radius 3 is 1.85 bits per heavy atom. The molecule has 6 nitrogen and oxygen atoms in total. The van der Waals surface area contributed by atoms with Crippen LogP contribution in [0.15, 0.2) is 70.8 Å². The van der Waals surface area contributed by atoms with Gasteiger partial charge in [-0.15, -0.1) is 0 Å². The summed E-state index contributed by atoms with van der Waals surface area (Å²) in [7, 11) is 0. The van der Waals surface area contributed by atoms with Crippen molar-refractivity contribution in [1.82, 2.24) is 4.98 Å². The molecule has 1 aromatic heterocycles. The Bertz CT molecular complexity index is 1210. The van der Waals surface area contributed by atoms with Crippen molar-refractivity contribution in [2.45, 2.75) is 52.4 Å². The van der Waals surface area contributed by atoms with Crippen LogP contribution in [0.2, 0.25) is 0 Å². The Balaban J connectivity index is 0.00000408. The summed E-state index contributed by atoms with van der Waals surface area (Å²) in [5.41, 5.74) is 1.81. The van der Waals surface area contributed by atoms with Crippen molar-refractivity contribution in [2.24, 2.45) is 9.98 Å². The van der Waals surface area contributed by atoms with Gasteiger partial charge < -0.3 is 15.3 Å². The molecule has 3 aromatic rings. The molecule has 0 amide bonds. The summed E-state index contributed by atoms with van der Waals surface area (Å²) in [4.78, 5) is 12.3. The molecule has 0 bridgehead atoms. The summed E-state index contributed by atoms with van der Waals surface area (Å²) < 4.78 is 0. The van der Waals surface area contributed by atoms with Crippen molar-refractivity contribution >= 4 is 23.2 Å². The zero-order chi connectivity index (χ0) is 24.4. The monoisotopic (exact) mass is 498 g/mol. The van der Waals surface area contributed by atoms with Gasteiger partial charge in [-0.05, 0) is 52.6 Å². The van der Waals surface area contributed by atoms with Crippen LogP contribution in [0, 0.1) is 0 Å². The summed E-state index contributed by atoms with van der Waals surface area (Å²) in [6, 6.07) is 15.3. The zero-order valence-electron chi connectivity index (χ0n) is 20.3. The molecule has 34 heavy (non-hydrogen) atoms. The zero-order valence-corrected chi connectivity index (χ0v) is 21.4. The molecule has 1 radical (unpaired) electrons. The first kappa shape index (κ1) is 27.1. The summed E-state index contributed by atoms with van der Waals surface area (Å²) in [5.74, 6) is -1.21. The van der Waals surface area contributed by atoms with Crippen molar-refractivity contribution in [3.05, 3.63) is 83.2 Å². The first-order chi connectivity index (χ1) is 15.4. The first-order valence-corrected chi connectivity index (χ1v) is 10.8. The number of pyridine rings is 1. The third-order valence-electron chi connectivity index (χ3n) is 5.22. The van der Waals surface area contributed by atoms with Crippen LogP contribution in [-0.2, 0) is 27.9 Å². The molecule has 2 aromatic carbocycles. The Morgan fingerprint density at radius 1 is 0.794 bits per heavy atom. The second-order valence-corrected chi connectivity index (χ2v) is 9.96. The minimum absolute atomic E-state index is 0. The molecule has 0 fully saturated rings. The Hall–Kier alpha value is -3.15. The number of aromatic nitrogens is 1. The van der Waals surface area contributed by atoms with Crippen LogP contribution in [0.5, 0.6) is 5.75 Å². The van der Waals surface area contributed by atoms with E-state index in [9.17, 15) is 15.3 Å². The maximum atomic E-state index is 13.2. The van der Waals surface area contributed by atoms with E-state index in [4.69, 9.17) is 0 Å². The summed E-state index contributed by atoms with van der Waals surface area (Å²) in [6.45, 7) is 12.1. The largest absolute Gasteiger partial charge is 2.00 e. The van der Waals surface area contributed by atoms with Gasteiger partial charge in [-0.25, -0.2) is 0 Å². The molecule has 1 heterocycles. The Labute approximate surface area is 211 Å². The molecule has 3 rings (SSSR count). The van der Waals surface area contributed by atoms with Crippen molar-refractivity contribution in [3.63, 3.8) is 0 Å². The molecule has 0 aliphatic rings. The predicted octanol–water partition coefficient (Wildman–Crippen LogP) is 4.26. The van der Waals surface area contributed by atoms with Gasteiger partial charge >= 0.3 is 17.1 Å². The van der Waals surface area contributed by atoms with Gasteiger partial charge in [-0.3, -0.25) is 15.0 Å². The molecule has 0 aliphatic carbocycles. The normalized spacial score (nSPS) is 12.9. The number of rotatable bonds is 4. The van der Waals surface area contributed by atoms with Crippen LogP contribution in [-0.4, -0.2) is 21.9 Å². The van der Waals surface area contributed by atoms with Crippen LogP contribution in [0.4, 0.5) is 11.4 Å². The van der Waals surface area contributed by atoms with Crippen LogP contribution >= 0.6 is 0 Å². The van der Waals surface area contributed by atoms with Crippen molar-refractivity contribution in [3.8, 4) is 5.75 Å². The molecule has 0 saturated carbocycles. The fourth-order valence-corrected chi connectivity index (χ4v) is 3.28.